The molecular formula is C64H53Ir4N9-4. The van der Waals surface area contributed by atoms with Gasteiger partial charge >= 0.3 is 0 Å². The number of hydrogen-bond acceptors (Lipinski definition) is 5. The van der Waals surface area contributed by atoms with E-state index in [-0.39, 0.29) is 80.4 Å². The molecule has 5 aromatic heterocycles. The molecule has 0 aliphatic carbocycles. The van der Waals surface area contributed by atoms with Crippen molar-refractivity contribution in [3.63, 3.8) is 0 Å². The second kappa shape index (κ2) is 30.8. The van der Waals surface area contributed by atoms with E-state index in [9.17, 15) is 0 Å². The molecule has 0 fully saturated rings. The normalized spacial score (nSPS) is 9.97. The summed E-state index contributed by atoms with van der Waals surface area (Å²) in [5, 5.41) is 18.3. The van der Waals surface area contributed by atoms with Crippen LogP contribution in [0.3, 0.4) is 0 Å². The van der Waals surface area contributed by atoms with E-state index in [1.807, 2.05) is 191 Å². The Balaban J connectivity index is 0.000000189. The predicted molar refractivity (Wildman–Crippen MR) is 292 cm³/mol. The van der Waals surface area contributed by atoms with Gasteiger partial charge in [-0.15, -0.1) is 24.3 Å². The first kappa shape index (κ1) is 61.0. The molecule has 0 aliphatic heterocycles. The molecule has 12 rings (SSSR count). The molecule has 9 nitrogen and oxygen atoms in total. The summed E-state index contributed by atoms with van der Waals surface area (Å²) in [5.41, 5.74) is 17.0. The fourth-order valence-corrected chi connectivity index (χ4v) is 7.85. The van der Waals surface area contributed by atoms with Crippen molar-refractivity contribution in [3.8, 4) is 56.4 Å². The van der Waals surface area contributed by atoms with Crippen LogP contribution in [-0.2, 0) is 86.8 Å². The number of rotatable bonds is 9. The maximum absolute atomic E-state index is 4.81. The van der Waals surface area contributed by atoms with E-state index in [1.54, 1.807) is 6.20 Å². The minimum atomic E-state index is 0. The fourth-order valence-electron chi connectivity index (χ4n) is 7.85. The van der Waals surface area contributed by atoms with E-state index < -0.39 is 0 Å². The van der Waals surface area contributed by atoms with Gasteiger partial charge < -0.3 is 0 Å². The van der Waals surface area contributed by atoms with Crippen molar-refractivity contribution in [3.05, 3.63) is 295 Å². The Bertz CT molecular complexity index is 3480. The number of para-hydroxylation sites is 4. The molecule has 12 aromatic rings. The van der Waals surface area contributed by atoms with Crippen molar-refractivity contribution in [1.29, 1.82) is 0 Å². The molecule has 0 atom stereocenters. The molecule has 394 valence electrons. The molecule has 0 unspecified atom stereocenters. The van der Waals surface area contributed by atoms with Crippen molar-refractivity contribution in [2.75, 3.05) is 0 Å². The van der Waals surface area contributed by atoms with Gasteiger partial charge in [0.1, 0.15) is 5.69 Å². The smallest absolute Gasteiger partial charge is 0.100 e. The third-order valence-corrected chi connectivity index (χ3v) is 11.8. The summed E-state index contributed by atoms with van der Waals surface area (Å²) in [6.45, 7) is 8.16. The molecule has 4 radical (unpaired) electrons. The maximum Gasteiger partial charge on any atom is 0.100 e. The van der Waals surface area contributed by atoms with Crippen molar-refractivity contribution in [1.82, 2.24) is 44.1 Å². The van der Waals surface area contributed by atoms with E-state index >= 15 is 0 Å². The summed E-state index contributed by atoms with van der Waals surface area (Å²) < 4.78 is 7.47. The quantitative estimate of drug-likeness (QED) is 0.134. The summed E-state index contributed by atoms with van der Waals surface area (Å²) in [4.78, 5) is 4.35. The van der Waals surface area contributed by atoms with E-state index in [4.69, 9.17) is 5.10 Å². The molecule has 5 heterocycles. The largest absolute Gasteiger partial charge is 0.265 e. The van der Waals surface area contributed by atoms with Gasteiger partial charge in [-0.25, -0.2) is 0 Å². The van der Waals surface area contributed by atoms with Crippen molar-refractivity contribution >= 4 is 0 Å². The Labute approximate surface area is 505 Å². The van der Waals surface area contributed by atoms with Gasteiger partial charge in [0, 0.05) is 135 Å². The molecule has 0 amide bonds. The zero-order chi connectivity index (χ0) is 50.2. The molecule has 77 heavy (non-hydrogen) atoms. The van der Waals surface area contributed by atoms with Gasteiger partial charge in [0.15, 0.2) is 0 Å². The molecule has 7 aromatic carbocycles. The van der Waals surface area contributed by atoms with Gasteiger partial charge in [0.05, 0.1) is 22.8 Å². The maximum atomic E-state index is 4.81. The molecule has 0 bridgehead atoms. The molecular weight excluding hydrogens is 1660 g/mol. The van der Waals surface area contributed by atoms with Gasteiger partial charge in [0.25, 0.3) is 0 Å². The van der Waals surface area contributed by atoms with Crippen LogP contribution in [0, 0.1) is 52.0 Å². The van der Waals surface area contributed by atoms with Gasteiger partial charge in [0.2, 0.25) is 0 Å². The van der Waals surface area contributed by atoms with E-state index in [0.29, 0.717) is 0 Å². The number of nitrogens with zero attached hydrogens (tertiary/aromatic N) is 9. The first-order valence-corrected chi connectivity index (χ1v) is 24.0. The van der Waals surface area contributed by atoms with Crippen LogP contribution in [0.1, 0.15) is 33.8 Å². The summed E-state index contributed by atoms with van der Waals surface area (Å²) >= 11 is 0. The summed E-state index contributed by atoms with van der Waals surface area (Å²) in [7, 11) is 0. The summed E-state index contributed by atoms with van der Waals surface area (Å²) in [6, 6.07) is 81.0. The standard InChI is InChI=1S/C21H15N2.C17H15N2.C15H12N3.C11H11N2.4Ir/c1-4-10-17(11-5-1)20-16-23(19-14-8-3-9-15-19)22-21(20)18-12-6-2-7-13-18;1-14-13-19(16-10-6-3-7-11-16)18-17(14)12-15-8-4-2-5-9-15;1-12-14(15-9-5-6-10-16-15)11-18(17-12)13-7-3-2-4-8-13;1-9-8-13(12-10(9)2)11-6-4-3-5-7-11;;;;/h1-14,16H;2-10,13H,12H2,1H3;2-7,9-11H,1H3;3-6,8H,1-2H3;;;;/q4*-1;;;;. The SMILES string of the molecule is Cc1cn(-c2[c-]cccc2)nc1C.Cc1cn(-c2[c-]cccc2)nc1Cc1ccccc1.Cc1nn(-c2[c-]cccc2)cc1-c1ccccn1.[Ir].[Ir].[Ir].[Ir].[c-]1ccccc1-n1cc(-c2ccccc2)c(-c2ccccc2)n1. The van der Waals surface area contributed by atoms with Gasteiger partial charge in [-0.05, 0) is 84.8 Å². The van der Waals surface area contributed by atoms with Crippen LogP contribution in [0.4, 0.5) is 0 Å². The van der Waals surface area contributed by atoms with E-state index in [1.165, 1.54) is 16.7 Å². The van der Waals surface area contributed by atoms with Crippen molar-refractivity contribution in [2.45, 2.75) is 34.1 Å². The van der Waals surface area contributed by atoms with Crippen LogP contribution in [-0.4, -0.2) is 44.1 Å². The Morgan fingerprint density at radius 1 is 0.364 bits per heavy atom. The average Bonchev–Trinajstić information content (AvgIpc) is 4.27. The van der Waals surface area contributed by atoms with E-state index in [0.717, 1.165) is 79.9 Å². The zero-order valence-electron chi connectivity index (χ0n) is 42.6. The zero-order valence-corrected chi connectivity index (χ0v) is 52.2. The minimum absolute atomic E-state index is 0. The topological polar surface area (TPSA) is 84.2 Å². The van der Waals surface area contributed by atoms with Gasteiger partial charge in [-0.2, -0.15) is 117 Å². The number of pyridine rings is 1. The van der Waals surface area contributed by atoms with E-state index in [2.05, 4.69) is 131 Å². The molecule has 0 aliphatic rings. The third-order valence-electron chi connectivity index (χ3n) is 11.8. The summed E-state index contributed by atoms with van der Waals surface area (Å²) in [5.74, 6) is 0. The number of benzene rings is 7. The fraction of sp³-hybridized carbons (Fsp3) is 0.0781. The van der Waals surface area contributed by atoms with Gasteiger partial charge in [-0.1, -0.05) is 97.1 Å². The Morgan fingerprint density at radius 2 is 0.779 bits per heavy atom. The molecule has 0 saturated carbocycles. The van der Waals surface area contributed by atoms with Gasteiger partial charge in [-0.3, -0.25) is 23.7 Å². The van der Waals surface area contributed by atoms with Crippen LogP contribution in [0.15, 0.2) is 237 Å². The van der Waals surface area contributed by atoms with Crippen LogP contribution in [0.5, 0.6) is 0 Å². The second-order valence-corrected chi connectivity index (χ2v) is 17.1. The molecule has 0 saturated heterocycles. The molecule has 0 spiro atoms. The minimum Gasteiger partial charge on any atom is -0.265 e. The number of aryl methyl sites for hydroxylation is 4. The summed E-state index contributed by atoms with van der Waals surface area (Å²) in [6.07, 6.45) is 10.8. The third kappa shape index (κ3) is 16.6. The number of aromatic nitrogens is 9. The Morgan fingerprint density at radius 3 is 1.25 bits per heavy atom. The molecule has 0 N–H and O–H groups in total. The average molecular weight is 1720 g/mol. The van der Waals surface area contributed by atoms with Crippen LogP contribution < -0.4 is 0 Å². The van der Waals surface area contributed by atoms with Crippen molar-refractivity contribution < 1.29 is 80.4 Å². The predicted octanol–water partition coefficient (Wildman–Crippen LogP) is 13.9. The van der Waals surface area contributed by atoms with Crippen molar-refractivity contribution in [2.24, 2.45) is 0 Å². The first-order chi connectivity index (χ1) is 35.9. The second-order valence-electron chi connectivity index (χ2n) is 17.1. The van der Waals surface area contributed by atoms with Crippen LogP contribution in [0.2, 0.25) is 0 Å². The number of hydrogen-bond donors (Lipinski definition) is 0. The first-order valence-electron chi connectivity index (χ1n) is 24.0. The Hall–Kier alpha value is -6.87. The Kier molecular flexibility index (Phi) is 24.4. The molecule has 13 heteroatoms. The van der Waals surface area contributed by atoms with Crippen LogP contribution in [0.25, 0.3) is 56.4 Å². The van der Waals surface area contributed by atoms with Crippen LogP contribution >= 0.6 is 0 Å². The monoisotopic (exact) mass is 1720 g/mol.